The molecule has 1 atom stereocenters. The van der Waals surface area contributed by atoms with E-state index < -0.39 is 0 Å². The third kappa shape index (κ3) is 3.75. The van der Waals surface area contributed by atoms with E-state index in [2.05, 4.69) is 50.0 Å². The summed E-state index contributed by atoms with van der Waals surface area (Å²) < 4.78 is 0. The highest BCUT2D eigenvalue weighted by molar-refractivity contribution is 5.17. The summed E-state index contributed by atoms with van der Waals surface area (Å²) in [4.78, 5) is 0. The fourth-order valence-corrected chi connectivity index (χ4v) is 1.36. The zero-order valence-corrected chi connectivity index (χ0v) is 9.09. The first-order valence-electron chi connectivity index (χ1n) is 5.13. The first kappa shape index (κ1) is 11.0. The van der Waals surface area contributed by atoms with Crippen LogP contribution in [0.3, 0.4) is 0 Å². The van der Waals surface area contributed by atoms with Gasteiger partial charge in [-0.05, 0) is 32.4 Å². The summed E-state index contributed by atoms with van der Waals surface area (Å²) in [5.74, 6) is 0. The zero-order valence-electron chi connectivity index (χ0n) is 9.09. The lowest BCUT2D eigenvalue weighted by Crippen LogP contribution is -2.19. The Morgan fingerprint density at radius 1 is 1.36 bits per heavy atom. The number of nitrogens with one attached hydrogen (secondary N) is 1. The largest absolute Gasteiger partial charge is 0.310 e. The summed E-state index contributed by atoms with van der Waals surface area (Å²) in [5.41, 5.74) is 2.58. The smallest absolute Gasteiger partial charge is 0.0291 e. The van der Waals surface area contributed by atoms with E-state index in [1.54, 1.807) is 0 Å². The molecule has 0 heterocycles. The van der Waals surface area contributed by atoms with Crippen molar-refractivity contribution in [3.8, 4) is 0 Å². The standard InChI is InChI=1S/C13H19N/c1-11(2)9-10-14-12(3)13-7-5-4-6-8-13/h4-8,12,14H,1,9-10H2,2-3H3/t12-/m0/s1. The van der Waals surface area contributed by atoms with E-state index in [1.807, 2.05) is 6.07 Å². The molecule has 1 aromatic rings. The van der Waals surface area contributed by atoms with Gasteiger partial charge in [-0.2, -0.15) is 0 Å². The molecule has 0 aromatic heterocycles. The average molecular weight is 189 g/mol. The lowest BCUT2D eigenvalue weighted by molar-refractivity contribution is 0.576. The van der Waals surface area contributed by atoms with Crippen molar-refractivity contribution in [1.82, 2.24) is 5.32 Å². The second kappa shape index (κ2) is 5.61. The Morgan fingerprint density at radius 2 is 2.00 bits per heavy atom. The molecule has 0 aliphatic heterocycles. The normalized spacial score (nSPS) is 12.4. The number of hydrogen-bond donors (Lipinski definition) is 1. The van der Waals surface area contributed by atoms with Gasteiger partial charge in [0.1, 0.15) is 0 Å². The maximum atomic E-state index is 3.88. The molecule has 1 aromatic carbocycles. The summed E-state index contributed by atoms with van der Waals surface area (Å²) in [6, 6.07) is 10.9. The molecule has 0 aliphatic rings. The minimum absolute atomic E-state index is 0.426. The Bertz CT molecular complexity index is 277. The minimum Gasteiger partial charge on any atom is -0.310 e. The van der Waals surface area contributed by atoms with Gasteiger partial charge in [-0.25, -0.2) is 0 Å². The highest BCUT2D eigenvalue weighted by Gasteiger charge is 2.02. The van der Waals surface area contributed by atoms with Crippen molar-refractivity contribution in [2.45, 2.75) is 26.3 Å². The van der Waals surface area contributed by atoms with Crippen LogP contribution < -0.4 is 5.32 Å². The van der Waals surface area contributed by atoms with Crippen LogP contribution in [0, 0.1) is 0 Å². The predicted molar refractivity (Wildman–Crippen MR) is 62.3 cm³/mol. The predicted octanol–water partition coefficient (Wildman–Crippen LogP) is 3.30. The van der Waals surface area contributed by atoms with Gasteiger partial charge < -0.3 is 5.32 Å². The third-order valence-electron chi connectivity index (χ3n) is 2.30. The van der Waals surface area contributed by atoms with Crippen molar-refractivity contribution in [1.29, 1.82) is 0 Å². The van der Waals surface area contributed by atoms with Gasteiger partial charge in [0.15, 0.2) is 0 Å². The van der Waals surface area contributed by atoms with Gasteiger partial charge in [-0.15, -0.1) is 6.58 Å². The van der Waals surface area contributed by atoms with E-state index in [0.29, 0.717) is 6.04 Å². The maximum absolute atomic E-state index is 3.88. The second-order valence-electron chi connectivity index (χ2n) is 3.79. The highest BCUT2D eigenvalue weighted by Crippen LogP contribution is 2.10. The van der Waals surface area contributed by atoms with E-state index >= 15 is 0 Å². The van der Waals surface area contributed by atoms with Crippen LogP contribution in [0.2, 0.25) is 0 Å². The molecule has 0 saturated heterocycles. The van der Waals surface area contributed by atoms with Crippen molar-refractivity contribution in [3.05, 3.63) is 48.0 Å². The number of rotatable bonds is 5. The van der Waals surface area contributed by atoms with E-state index in [9.17, 15) is 0 Å². The minimum atomic E-state index is 0.426. The van der Waals surface area contributed by atoms with Gasteiger partial charge >= 0.3 is 0 Å². The quantitative estimate of drug-likeness (QED) is 0.701. The van der Waals surface area contributed by atoms with Gasteiger partial charge in [0, 0.05) is 6.04 Å². The van der Waals surface area contributed by atoms with Gasteiger partial charge in [0.2, 0.25) is 0 Å². The van der Waals surface area contributed by atoms with Crippen LogP contribution in [0.15, 0.2) is 42.5 Å². The summed E-state index contributed by atoms with van der Waals surface area (Å²) in [6.07, 6.45) is 1.05. The lowest BCUT2D eigenvalue weighted by atomic mass is 10.1. The van der Waals surface area contributed by atoms with Crippen LogP contribution >= 0.6 is 0 Å². The molecule has 0 aliphatic carbocycles. The summed E-state index contributed by atoms with van der Waals surface area (Å²) in [7, 11) is 0. The molecule has 0 saturated carbocycles. The van der Waals surface area contributed by atoms with Gasteiger partial charge in [-0.1, -0.05) is 35.9 Å². The number of hydrogen-bond acceptors (Lipinski definition) is 1. The molecule has 0 fully saturated rings. The summed E-state index contributed by atoms with van der Waals surface area (Å²) >= 11 is 0. The fraction of sp³-hybridized carbons (Fsp3) is 0.385. The molecular formula is C13H19N. The molecule has 1 nitrogen and oxygen atoms in total. The molecule has 0 bridgehead atoms. The second-order valence-corrected chi connectivity index (χ2v) is 3.79. The molecule has 1 N–H and O–H groups in total. The molecule has 0 unspecified atom stereocenters. The van der Waals surface area contributed by atoms with E-state index in [1.165, 1.54) is 11.1 Å². The van der Waals surface area contributed by atoms with Crippen molar-refractivity contribution in [2.75, 3.05) is 6.54 Å². The molecule has 0 spiro atoms. The Labute approximate surface area is 86.8 Å². The van der Waals surface area contributed by atoms with Crippen LogP contribution in [0.4, 0.5) is 0 Å². The van der Waals surface area contributed by atoms with Crippen molar-refractivity contribution < 1.29 is 0 Å². The Hall–Kier alpha value is -1.08. The lowest BCUT2D eigenvalue weighted by Gasteiger charge is -2.13. The number of benzene rings is 1. The Morgan fingerprint density at radius 3 is 2.57 bits per heavy atom. The topological polar surface area (TPSA) is 12.0 Å². The Balaban J connectivity index is 2.36. The van der Waals surface area contributed by atoms with Crippen molar-refractivity contribution in [3.63, 3.8) is 0 Å². The molecule has 76 valence electrons. The van der Waals surface area contributed by atoms with Crippen LogP contribution in [-0.2, 0) is 0 Å². The zero-order chi connectivity index (χ0) is 10.4. The highest BCUT2D eigenvalue weighted by atomic mass is 14.9. The molecule has 1 heteroatoms. The van der Waals surface area contributed by atoms with Gasteiger partial charge in [-0.3, -0.25) is 0 Å². The van der Waals surface area contributed by atoms with Crippen LogP contribution in [-0.4, -0.2) is 6.54 Å². The fourth-order valence-electron chi connectivity index (χ4n) is 1.36. The summed E-state index contributed by atoms with van der Waals surface area (Å²) in [6.45, 7) is 9.14. The SMILES string of the molecule is C=C(C)CCN[C@@H](C)c1ccccc1. The first-order valence-corrected chi connectivity index (χ1v) is 5.13. The Kier molecular flexibility index (Phi) is 4.41. The third-order valence-corrected chi connectivity index (χ3v) is 2.30. The maximum Gasteiger partial charge on any atom is 0.0291 e. The van der Waals surface area contributed by atoms with Crippen molar-refractivity contribution in [2.24, 2.45) is 0 Å². The van der Waals surface area contributed by atoms with Gasteiger partial charge in [0.25, 0.3) is 0 Å². The summed E-state index contributed by atoms with van der Waals surface area (Å²) in [5, 5.41) is 3.47. The van der Waals surface area contributed by atoms with Crippen LogP contribution in [0.25, 0.3) is 0 Å². The average Bonchev–Trinajstić information content (AvgIpc) is 2.18. The molecular weight excluding hydrogens is 170 g/mol. The monoisotopic (exact) mass is 189 g/mol. The van der Waals surface area contributed by atoms with Crippen LogP contribution in [0.1, 0.15) is 31.9 Å². The van der Waals surface area contributed by atoms with E-state index in [-0.39, 0.29) is 0 Å². The molecule has 14 heavy (non-hydrogen) atoms. The van der Waals surface area contributed by atoms with E-state index in [0.717, 1.165) is 13.0 Å². The van der Waals surface area contributed by atoms with Crippen molar-refractivity contribution >= 4 is 0 Å². The molecule has 0 radical (unpaired) electrons. The van der Waals surface area contributed by atoms with Gasteiger partial charge in [0.05, 0.1) is 0 Å². The van der Waals surface area contributed by atoms with Crippen LogP contribution in [0.5, 0.6) is 0 Å². The molecule has 1 rings (SSSR count). The first-order chi connectivity index (χ1) is 6.70. The van der Waals surface area contributed by atoms with E-state index in [4.69, 9.17) is 0 Å². The molecule has 0 amide bonds.